The van der Waals surface area contributed by atoms with Crippen molar-refractivity contribution >= 4 is 20.2 Å². The molecule has 0 amide bonds. The molecular weight excluding hydrogens is 707 g/mol. The number of hydrogen-bond donors (Lipinski definition) is 0. The summed E-state index contributed by atoms with van der Waals surface area (Å²) in [6.07, 6.45) is 0.544. The fraction of sp³-hybridized carbons (Fsp3) is 0.667. The quantitative estimate of drug-likeness (QED) is 0.159. The minimum absolute atomic E-state index is 0.0618. The van der Waals surface area contributed by atoms with Gasteiger partial charge in [-0.15, -0.1) is 0 Å². The molecule has 2 aromatic carbocycles. The highest BCUT2D eigenvalue weighted by molar-refractivity contribution is 7.87. The standard InChI is InChI=1S/C36H44F6O6S2/c37-35(38,39)30-26-18-10-11-19-27(26)32(31(36(40,41)42)34(30)49(43,44)45)48-50(46,47)33-28(23-14-6-2-7-15-23)20-25(22-12-4-1-5-13-22)21-29(33)24-16-8-3-9-17-24/h20-24H,1-19H2,(H,43,44,45)/p-1. The van der Waals surface area contributed by atoms with Gasteiger partial charge in [0.2, 0.25) is 0 Å². The topological polar surface area (TPSA) is 101 Å². The molecule has 278 valence electrons. The summed E-state index contributed by atoms with van der Waals surface area (Å²) in [7, 11) is -11.7. The van der Waals surface area contributed by atoms with Crippen LogP contribution in [0.5, 0.6) is 5.75 Å². The summed E-state index contributed by atoms with van der Waals surface area (Å²) in [5, 5.41) is 0. The van der Waals surface area contributed by atoms with Crippen LogP contribution in [-0.2, 0) is 45.4 Å². The second kappa shape index (κ2) is 14.2. The van der Waals surface area contributed by atoms with Gasteiger partial charge in [0.15, 0.2) is 5.75 Å². The summed E-state index contributed by atoms with van der Waals surface area (Å²) >= 11 is 0. The van der Waals surface area contributed by atoms with E-state index in [1.807, 2.05) is 12.1 Å². The Labute approximate surface area is 290 Å². The van der Waals surface area contributed by atoms with Crippen LogP contribution < -0.4 is 4.18 Å². The minimum atomic E-state index is -6.44. The number of benzene rings is 2. The Morgan fingerprint density at radius 2 is 0.980 bits per heavy atom. The number of rotatable bonds is 7. The van der Waals surface area contributed by atoms with Gasteiger partial charge in [-0.2, -0.15) is 34.8 Å². The summed E-state index contributed by atoms with van der Waals surface area (Å²) < 4.78 is 160. The van der Waals surface area contributed by atoms with Crippen LogP contribution in [0.3, 0.4) is 0 Å². The van der Waals surface area contributed by atoms with Gasteiger partial charge in [-0.1, -0.05) is 69.9 Å². The van der Waals surface area contributed by atoms with Crippen LogP contribution in [0.2, 0.25) is 0 Å². The zero-order chi connectivity index (χ0) is 36.1. The lowest BCUT2D eigenvalue weighted by Gasteiger charge is -2.33. The second-order valence-corrected chi connectivity index (χ2v) is 17.4. The zero-order valence-corrected chi connectivity index (χ0v) is 29.5. The van der Waals surface area contributed by atoms with Crippen LogP contribution in [0.25, 0.3) is 0 Å². The van der Waals surface area contributed by atoms with E-state index in [4.69, 9.17) is 4.18 Å². The van der Waals surface area contributed by atoms with Crippen LogP contribution >= 0.6 is 0 Å². The van der Waals surface area contributed by atoms with Crippen LogP contribution in [0, 0.1) is 0 Å². The SMILES string of the molecule is O=S(=O)([O-])c1c(C(F)(F)F)c2c(c(OS(=O)(=O)c3c(C4CCCCC4)cc(C4CCCCC4)cc3C3CCCCC3)c1C(F)(F)F)CCCC2. The molecule has 0 atom stereocenters. The third-order valence-corrected chi connectivity index (χ3v) is 13.6. The van der Waals surface area contributed by atoms with Gasteiger partial charge in [0.25, 0.3) is 0 Å². The first-order valence-electron chi connectivity index (χ1n) is 17.9. The Morgan fingerprint density at radius 1 is 0.560 bits per heavy atom. The molecule has 14 heteroatoms. The number of hydrogen-bond acceptors (Lipinski definition) is 6. The summed E-state index contributed by atoms with van der Waals surface area (Å²) in [6.45, 7) is 0. The molecule has 6 rings (SSSR count). The molecule has 4 aliphatic rings. The molecule has 3 fully saturated rings. The van der Waals surface area contributed by atoms with Crippen molar-refractivity contribution in [3.8, 4) is 5.75 Å². The van der Waals surface area contributed by atoms with E-state index < -0.39 is 78.3 Å². The second-order valence-electron chi connectivity index (χ2n) is 14.6. The first-order valence-corrected chi connectivity index (χ1v) is 20.7. The lowest BCUT2D eigenvalue weighted by Crippen LogP contribution is -2.28. The van der Waals surface area contributed by atoms with E-state index in [-0.39, 0.29) is 35.5 Å². The van der Waals surface area contributed by atoms with Crippen molar-refractivity contribution in [1.82, 2.24) is 0 Å². The number of halogens is 6. The first kappa shape index (κ1) is 37.4. The van der Waals surface area contributed by atoms with Crippen LogP contribution in [0.15, 0.2) is 21.9 Å². The van der Waals surface area contributed by atoms with E-state index in [0.29, 0.717) is 36.8 Å². The van der Waals surface area contributed by atoms with Crippen molar-refractivity contribution in [3.63, 3.8) is 0 Å². The van der Waals surface area contributed by atoms with Crippen LogP contribution in [0.1, 0.15) is 166 Å². The van der Waals surface area contributed by atoms with E-state index in [1.165, 1.54) is 0 Å². The molecular formula is C36H43F6O6S2-. The lowest BCUT2D eigenvalue weighted by atomic mass is 9.76. The van der Waals surface area contributed by atoms with Gasteiger partial charge in [-0.25, -0.2) is 8.42 Å². The summed E-state index contributed by atoms with van der Waals surface area (Å²) in [5.74, 6) is -1.81. The van der Waals surface area contributed by atoms with Gasteiger partial charge < -0.3 is 8.74 Å². The van der Waals surface area contributed by atoms with E-state index >= 15 is 0 Å². The molecule has 0 spiro atoms. The molecule has 50 heavy (non-hydrogen) atoms. The molecule has 0 radical (unpaired) electrons. The highest BCUT2D eigenvalue weighted by Gasteiger charge is 2.50. The molecule has 0 N–H and O–H groups in total. The average molecular weight is 750 g/mol. The summed E-state index contributed by atoms with van der Waals surface area (Å²) in [6, 6.07) is 3.74. The average Bonchev–Trinajstić information content (AvgIpc) is 3.07. The molecule has 3 saturated carbocycles. The van der Waals surface area contributed by atoms with Crippen molar-refractivity contribution in [1.29, 1.82) is 0 Å². The highest BCUT2D eigenvalue weighted by atomic mass is 32.2. The number of fused-ring (bicyclic) bond motifs is 1. The largest absolute Gasteiger partial charge is 0.744 e. The fourth-order valence-electron chi connectivity index (χ4n) is 9.09. The predicted octanol–water partition coefficient (Wildman–Crippen LogP) is 10.4. The Balaban J connectivity index is 1.64. The van der Waals surface area contributed by atoms with Gasteiger partial charge in [-0.3, -0.25) is 0 Å². The third-order valence-electron chi connectivity index (χ3n) is 11.3. The van der Waals surface area contributed by atoms with Crippen molar-refractivity contribution in [2.45, 2.75) is 162 Å². The third kappa shape index (κ3) is 7.58. The summed E-state index contributed by atoms with van der Waals surface area (Å²) in [5.41, 5.74) is -4.32. The molecule has 0 bridgehead atoms. The Bertz CT molecular complexity index is 1760. The lowest BCUT2D eigenvalue weighted by molar-refractivity contribution is -0.148. The normalized spacial score (nSPS) is 20.9. The van der Waals surface area contributed by atoms with Gasteiger partial charge in [0.1, 0.15) is 20.6 Å². The predicted molar refractivity (Wildman–Crippen MR) is 173 cm³/mol. The molecule has 6 nitrogen and oxygen atoms in total. The highest BCUT2D eigenvalue weighted by Crippen LogP contribution is 2.53. The summed E-state index contributed by atoms with van der Waals surface area (Å²) in [4.78, 5) is -2.78. The van der Waals surface area contributed by atoms with Gasteiger partial charge >= 0.3 is 22.5 Å². The smallest absolute Gasteiger partial charge is 0.421 e. The maximum Gasteiger partial charge on any atom is 0.421 e. The Kier molecular flexibility index (Phi) is 10.7. The van der Waals surface area contributed by atoms with E-state index in [2.05, 4.69) is 0 Å². The molecule has 4 aliphatic carbocycles. The zero-order valence-electron chi connectivity index (χ0n) is 27.9. The van der Waals surface area contributed by atoms with E-state index in [9.17, 15) is 47.7 Å². The van der Waals surface area contributed by atoms with Gasteiger partial charge in [0, 0.05) is 5.56 Å². The number of alkyl halides is 6. The molecule has 0 unspecified atom stereocenters. The van der Waals surface area contributed by atoms with Crippen molar-refractivity contribution in [2.24, 2.45) is 0 Å². The maximum absolute atomic E-state index is 14.9. The maximum atomic E-state index is 14.9. The van der Waals surface area contributed by atoms with E-state index in [1.54, 1.807) is 0 Å². The fourth-order valence-corrected chi connectivity index (χ4v) is 11.6. The first-order chi connectivity index (χ1) is 23.5. The Morgan fingerprint density at radius 3 is 1.40 bits per heavy atom. The van der Waals surface area contributed by atoms with Crippen LogP contribution in [0.4, 0.5) is 26.3 Å². The monoisotopic (exact) mass is 749 g/mol. The van der Waals surface area contributed by atoms with Crippen molar-refractivity contribution < 1.29 is 51.9 Å². The van der Waals surface area contributed by atoms with Gasteiger partial charge in [0.05, 0.1) is 10.5 Å². The van der Waals surface area contributed by atoms with Gasteiger partial charge in [-0.05, 0) is 104 Å². The molecule has 0 saturated heterocycles. The van der Waals surface area contributed by atoms with Crippen molar-refractivity contribution in [2.75, 3.05) is 0 Å². The Hall–Kier alpha value is -2.32. The van der Waals surface area contributed by atoms with Crippen LogP contribution in [-0.4, -0.2) is 21.4 Å². The molecule has 0 aromatic heterocycles. The van der Waals surface area contributed by atoms with Crippen molar-refractivity contribution in [3.05, 3.63) is 51.1 Å². The minimum Gasteiger partial charge on any atom is -0.744 e. The molecule has 2 aromatic rings. The van der Waals surface area contributed by atoms with E-state index in [0.717, 1.165) is 76.2 Å². The molecule has 0 heterocycles. The molecule has 0 aliphatic heterocycles.